The largest absolute Gasteiger partial charge is 0.492 e. The van der Waals surface area contributed by atoms with Gasteiger partial charge in [0.15, 0.2) is 8.03 Å². The molecule has 1 aliphatic carbocycles. The summed E-state index contributed by atoms with van der Waals surface area (Å²) in [6, 6.07) is 4.15. The molecule has 0 bridgehead atoms. The smallest absolute Gasteiger partial charge is 0.407 e. The molecule has 0 saturated heterocycles. The standard InChI is InChI=1S/C24H40NO5P/c1-6-7-13-29-22(26)25-23(4,5)16-20-14-18(2)21(19(3)15-20)30-17-24(31(27)28)11-9-8-10-12-24/h14-15,31H,6-13,16-17H2,1-5H3,(H,25,26)(H,27,28). The zero-order valence-electron chi connectivity index (χ0n) is 19.8. The lowest BCUT2D eigenvalue weighted by Gasteiger charge is -2.34. The number of hydrogen-bond donors (Lipinski definition) is 2. The molecule has 1 aliphatic rings. The fraction of sp³-hybridized carbons (Fsp3) is 0.708. The van der Waals surface area contributed by atoms with Crippen molar-refractivity contribution in [2.24, 2.45) is 0 Å². The van der Waals surface area contributed by atoms with E-state index in [0.29, 0.717) is 19.6 Å². The topological polar surface area (TPSA) is 84.9 Å². The molecule has 6 nitrogen and oxygen atoms in total. The van der Waals surface area contributed by atoms with Crippen LogP contribution >= 0.6 is 8.03 Å². The Hall–Kier alpha value is -1.52. The van der Waals surface area contributed by atoms with Gasteiger partial charge in [-0.15, -0.1) is 0 Å². The number of ether oxygens (including phenoxy) is 2. The normalized spacial score (nSPS) is 17.1. The molecule has 2 N–H and O–H groups in total. The average Bonchev–Trinajstić information content (AvgIpc) is 2.67. The van der Waals surface area contributed by atoms with Crippen LogP contribution in [0.25, 0.3) is 0 Å². The molecule has 7 heteroatoms. The number of alkyl carbamates (subject to hydrolysis) is 1. The van der Waals surface area contributed by atoms with Gasteiger partial charge in [0, 0.05) is 5.54 Å². The van der Waals surface area contributed by atoms with Crippen molar-refractivity contribution >= 4 is 14.1 Å². The lowest BCUT2D eigenvalue weighted by atomic mass is 9.89. The summed E-state index contributed by atoms with van der Waals surface area (Å²) >= 11 is 0. The van der Waals surface area contributed by atoms with Crippen molar-refractivity contribution in [1.29, 1.82) is 0 Å². The van der Waals surface area contributed by atoms with E-state index in [1.807, 2.05) is 27.7 Å². The van der Waals surface area contributed by atoms with E-state index in [0.717, 1.165) is 67.4 Å². The Bertz CT molecular complexity index is 748. The van der Waals surface area contributed by atoms with E-state index in [4.69, 9.17) is 9.47 Å². The van der Waals surface area contributed by atoms with Gasteiger partial charge in [-0.05, 0) is 70.1 Å². The molecule has 1 fully saturated rings. The Labute approximate surface area is 188 Å². The van der Waals surface area contributed by atoms with Gasteiger partial charge in [0.1, 0.15) is 12.4 Å². The van der Waals surface area contributed by atoms with Crippen LogP contribution in [0.5, 0.6) is 5.75 Å². The van der Waals surface area contributed by atoms with E-state index in [-0.39, 0.29) is 6.09 Å². The Kier molecular flexibility index (Phi) is 9.45. The van der Waals surface area contributed by atoms with E-state index < -0.39 is 18.7 Å². The van der Waals surface area contributed by atoms with Crippen LogP contribution in [-0.2, 0) is 15.7 Å². The fourth-order valence-corrected chi connectivity index (χ4v) is 5.38. The van der Waals surface area contributed by atoms with Crippen molar-refractivity contribution in [2.75, 3.05) is 13.2 Å². The van der Waals surface area contributed by atoms with Crippen LogP contribution < -0.4 is 10.1 Å². The van der Waals surface area contributed by atoms with E-state index in [1.54, 1.807) is 0 Å². The van der Waals surface area contributed by atoms with Crippen molar-refractivity contribution in [3.05, 3.63) is 28.8 Å². The summed E-state index contributed by atoms with van der Waals surface area (Å²) in [6.07, 6.45) is 6.73. The number of aryl methyl sites for hydroxylation is 2. The number of rotatable bonds is 10. The number of unbranched alkanes of at least 4 members (excludes halogenated alkanes) is 1. The highest BCUT2D eigenvalue weighted by Crippen LogP contribution is 2.47. The van der Waals surface area contributed by atoms with Gasteiger partial charge < -0.3 is 19.7 Å². The Balaban J connectivity index is 2.04. The Morgan fingerprint density at radius 1 is 1.19 bits per heavy atom. The molecular formula is C24H40NO5P. The molecule has 1 aromatic carbocycles. The first kappa shape index (κ1) is 25.7. The molecule has 2 rings (SSSR count). The third-order valence-electron chi connectivity index (χ3n) is 6.09. The summed E-state index contributed by atoms with van der Waals surface area (Å²) in [6.45, 7) is 10.7. The first-order valence-electron chi connectivity index (χ1n) is 11.5. The highest BCUT2D eigenvalue weighted by Gasteiger charge is 2.38. The van der Waals surface area contributed by atoms with E-state index in [9.17, 15) is 14.3 Å². The minimum Gasteiger partial charge on any atom is -0.492 e. The van der Waals surface area contributed by atoms with Crippen LogP contribution in [-0.4, -0.2) is 34.9 Å². The molecular weight excluding hydrogens is 413 g/mol. The van der Waals surface area contributed by atoms with E-state index in [2.05, 4.69) is 24.4 Å². The van der Waals surface area contributed by atoms with Crippen LogP contribution in [0, 0.1) is 13.8 Å². The summed E-state index contributed by atoms with van der Waals surface area (Å²) in [7, 11) is -2.67. The van der Waals surface area contributed by atoms with Crippen molar-refractivity contribution < 1.29 is 23.7 Å². The second-order valence-corrected chi connectivity index (χ2v) is 11.3. The summed E-state index contributed by atoms with van der Waals surface area (Å²) in [5, 5.41) is 2.36. The summed E-state index contributed by atoms with van der Waals surface area (Å²) < 4.78 is 23.5. The van der Waals surface area contributed by atoms with Gasteiger partial charge >= 0.3 is 6.09 Å². The molecule has 0 aromatic heterocycles. The molecule has 1 aromatic rings. The fourth-order valence-electron chi connectivity index (χ4n) is 4.40. The molecule has 1 saturated carbocycles. The van der Waals surface area contributed by atoms with Gasteiger partial charge in [0.2, 0.25) is 0 Å². The van der Waals surface area contributed by atoms with Crippen molar-refractivity contribution in [1.82, 2.24) is 5.32 Å². The third-order valence-corrected chi connectivity index (χ3v) is 7.65. The SMILES string of the molecule is CCCCOC(=O)NC(C)(C)Cc1cc(C)c(OCC2([PH](=O)O)CCCCC2)c(C)c1. The number of benzene rings is 1. The molecule has 0 radical (unpaired) electrons. The van der Waals surface area contributed by atoms with Gasteiger partial charge in [-0.2, -0.15) is 0 Å². The molecule has 1 unspecified atom stereocenters. The molecule has 1 atom stereocenters. The number of nitrogens with one attached hydrogen (secondary N) is 1. The number of carbonyl (C=O) groups is 1. The van der Waals surface area contributed by atoms with Crippen molar-refractivity contribution in [3.8, 4) is 5.75 Å². The lowest BCUT2D eigenvalue weighted by Crippen LogP contribution is -2.45. The van der Waals surface area contributed by atoms with Gasteiger partial charge in [-0.1, -0.05) is 44.7 Å². The van der Waals surface area contributed by atoms with Gasteiger partial charge in [-0.3, -0.25) is 4.57 Å². The minimum absolute atomic E-state index is 0.291. The van der Waals surface area contributed by atoms with Crippen molar-refractivity contribution in [3.63, 3.8) is 0 Å². The lowest BCUT2D eigenvalue weighted by molar-refractivity contribution is 0.134. The van der Waals surface area contributed by atoms with Gasteiger partial charge in [0.05, 0.1) is 11.8 Å². The molecule has 176 valence electrons. The van der Waals surface area contributed by atoms with E-state index >= 15 is 0 Å². The zero-order valence-corrected chi connectivity index (χ0v) is 20.8. The van der Waals surface area contributed by atoms with Crippen LogP contribution in [0.3, 0.4) is 0 Å². The summed E-state index contributed by atoms with van der Waals surface area (Å²) in [5.74, 6) is 0.793. The summed E-state index contributed by atoms with van der Waals surface area (Å²) in [4.78, 5) is 22.0. The average molecular weight is 454 g/mol. The van der Waals surface area contributed by atoms with Gasteiger partial charge in [-0.25, -0.2) is 4.79 Å². The maximum absolute atomic E-state index is 12.1. The second-order valence-electron chi connectivity index (χ2n) is 9.67. The predicted octanol–water partition coefficient (Wildman–Crippen LogP) is 5.70. The number of hydrogen-bond acceptors (Lipinski definition) is 4. The Morgan fingerprint density at radius 3 is 2.35 bits per heavy atom. The van der Waals surface area contributed by atoms with Gasteiger partial charge in [0.25, 0.3) is 0 Å². The summed E-state index contributed by atoms with van der Waals surface area (Å²) in [5.41, 5.74) is 2.65. The molecule has 1 amide bonds. The number of amides is 1. The second kappa shape index (κ2) is 11.4. The molecule has 31 heavy (non-hydrogen) atoms. The quantitative estimate of drug-likeness (QED) is 0.351. The van der Waals surface area contributed by atoms with Crippen LogP contribution in [0.1, 0.15) is 82.4 Å². The zero-order chi connectivity index (χ0) is 23.1. The Morgan fingerprint density at radius 2 is 1.81 bits per heavy atom. The van der Waals surface area contributed by atoms with Crippen molar-refractivity contribution in [2.45, 2.75) is 96.7 Å². The molecule has 0 spiro atoms. The first-order chi connectivity index (χ1) is 14.6. The first-order valence-corrected chi connectivity index (χ1v) is 12.9. The van der Waals surface area contributed by atoms with Crippen LogP contribution in [0.2, 0.25) is 0 Å². The highest BCUT2D eigenvalue weighted by atomic mass is 31.1. The highest BCUT2D eigenvalue weighted by molar-refractivity contribution is 7.40. The molecule has 0 heterocycles. The van der Waals surface area contributed by atoms with Crippen LogP contribution in [0.4, 0.5) is 4.79 Å². The monoisotopic (exact) mass is 453 g/mol. The predicted molar refractivity (Wildman–Crippen MR) is 126 cm³/mol. The maximum Gasteiger partial charge on any atom is 0.407 e. The maximum atomic E-state index is 12.1. The number of carbonyl (C=O) groups excluding carboxylic acids is 1. The van der Waals surface area contributed by atoms with E-state index in [1.165, 1.54) is 0 Å². The minimum atomic E-state index is -2.67. The molecule has 0 aliphatic heterocycles. The third kappa shape index (κ3) is 7.54. The van der Waals surface area contributed by atoms with Crippen LogP contribution in [0.15, 0.2) is 12.1 Å².